The Morgan fingerprint density at radius 1 is 1.12 bits per heavy atom. The molecule has 0 saturated carbocycles. The zero-order valence-corrected chi connectivity index (χ0v) is 19.9. The number of carbonyl (C=O) groups excluding carboxylic acids is 2. The van der Waals surface area contributed by atoms with Crippen LogP contribution in [0, 0.1) is 0 Å². The van der Waals surface area contributed by atoms with Crippen molar-refractivity contribution in [2.75, 3.05) is 36.5 Å². The van der Waals surface area contributed by atoms with Crippen LogP contribution in [0.2, 0.25) is 0 Å². The molecular formula is C25H28N6O2S. The van der Waals surface area contributed by atoms with Crippen LogP contribution in [-0.4, -0.2) is 46.9 Å². The van der Waals surface area contributed by atoms with Gasteiger partial charge in [-0.15, -0.1) is 11.3 Å². The number of hydrogen-bond donors (Lipinski definition) is 3. The number of nitrogens with zero attached hydrogens (tertiary/aromatic N) is 3. The van der Waals surface area contributed by atoms with Gasteiger partial charge in [-0.1, -0.05) is 18.2 Å². The van der Waals surface area contributed by atoms with E-state index in [1.807, 2.05) is 35.2 Å². The van der Waals surface area contributed by atoms with E-state index in [1.165, 1.54) is 4.88 Å². The number of aromatic nitrogens is 1. The predicted octanol–water partition coefficient (Wildman–Crippen LogP) is 4.33. The molecule has 4 N–H and O–H groups in total. The average molecular weight is 477 g/mol. The Hall–Kier alpha value is -3.43. The first-order chi connectivity index (χ1) is 16.5. The number of anilines is 3. The third-order valence-electron chi connectivity index (χ3n) is 6.33. The first kappa shape index (κ1) is 22.4. The van der Waals surface area contributed by atoms with Gasteiger partial charge in [0.25, 0.3) is 5.91 Å². The van der Waals surface area contributed by atoms with Gasteiger partial charge in [-0.2, -0.15) is 0 Å². The van der Waals surface area contributed by atoms with Crippen LogP contribution < -0.4 is 16.4 Å². The highest BCUT2D eigenvalue weighted by Crippen LogP contribution is 2.33. The molecule has 2 aliphatic heterocycles. The summed E-state index contributed by atoms with van der Waals surface area (Å²) in [4.78, 5) is 35.9. The smallest absolute Gasteiger partial charge is 0.322 e. The van der Waals surface area contributed by atoms with Crippen LogP contribution in [0.1, 0.15) is 45.4 Å². The number of likely N-dealkylation sites (tertiary alicyclic amines) is 1. The lowest BCUT2D eigenvalue weighted by molar-refractivity contribution is 0.102. The number of amides is 3. The number of fused-ring (bicyclic) bond motifs is 1. The minimum Gasteiger partial charge on any atom is -0.399 e. The van der Waals surface area contributed by atoms with Crippen LogP contribution in [0.15, 0.2) is 48.5 Å². The summed E-state index contributed by atoms with van der Waals surface area (Å²) in [7, 11) is 2.09. The zero-order chi connectivity index (χ0) is 23.7. The SMILES string of the molecule is CN1CCc2nc(NC(=O)c3cccc([C@H]4CCCN4C(=O)Nc4cccc(N)c4)c3)sc2C1. The fourth-order valence-electron chi connectivity index (χ4n) is 4.60. The molecule has 2 aliphatic rings. The standard InChI is InChI=1S/C25H28N6O2S/c1-30-12-10-20-22(15-30)34-24(28-20)29-23(32)17-6-2-5-16(13-17)21-9-4-11-31(21)25(33)27-19-8-3-7-18(26)14-19/h2-3,5-8,13-14,21H,4,9-12,15,26H2,1H3,(H,27,33)(H,28,29,32)/t21-/m1/s1. The molecule has 9 heteroatoms. The monoisotopic (exact) mass is 476 g/mol. The summed E-state index contributed by atoms with van der Waals surface area (Å²) in [6.45, 7) is 2.51. The molecule has 3 aromatic rings. The number of carbonyl (C=O) groups is 2. The molecule has 1 fully saturated rings. The molecule has 1 aromatic heterocycles. The fourth-order valence-corrected chi connectivity index (χ4v) is 5.68. The lowest BCUT2D eigenvalue weighted by Gasteiger charge is -2.25. The van der Waals surface area contributed by atoms with Crippen molar-refractivity contribution in [3.05, 3.63) is 70.2 Å². The Morgan fingerprint density at radius 2 is 1.97 bits per heavy atom. The van der Waals surface area contributed by atoms with Crippen LogP contribution in [0.5, 0.6) is 0 Å². The lowest BCUT2D eigenvalue weighted by Crippen LogP contribution is -2.34. The van der Waals surface area contributed by atoms with Crippen LogP contribution in [0.3, 0.4) is 0 Å². The lowest BCUT2D eigenvalue weighted by atomic mass is 10.0. The molecule has 5 rings (SSSR count). The average Bonchev–Trinajstić information content (AvgIpc) is 3.46. The predicted molar refractivity (Wildman–Crippen MR) is 135 cm³/mol. The van der Waals surface area contributed by atoms with Gasteiger partial charge in [0.1, 0.15) is 0 Å². The van der Waals surface area contributed by atoms with Crippen molar-refractivity contribution >= 4 is 39.8 Å². The number of benzene rings is 2. The number of nitrogens with two attached hydrogens (primary N) is 1. The molecule has 8 nitrogen and oxygen atoms in total. The minimum absolute atomic E-state index is 0.0866. The molecule has 176 valence electrons. The summed E-state index contributed by atoms with van der Waals surface area (Å²) in [5, 5.41) is 6.54. The number of urea groups is 1. The fraction of sp³-hybridized carbons (Fsp3) is 0.320. The summed E-state index contributed by atoms with van der Waals surface area (Å²) < 4.78 is 0. The molecule has 0 unspecified atom stereocenters. The van der Waals surface area contributed by atoms with Crippen molar-refractivity contribution in [3.63, 3.8) is 0 Å². The normalized spacial score (nSPS) is 17.9. The first-order valence-electron chi connectivity index (χ1n) is 11.5. The van der Waals surface area contributed by atoms with E-state index in [1.54, 1.807) is 29.5 Å². The van der Waals surface area contributed by atoms with Gasteiger partial charge < -0.3 is 20.9 Å². The largest absolute Gasteiger partial charge is 0.399 e. The molecular weight excluding hydrogens is 448 g/mol. The third kappa shape index (κ3) is 4.76. The van der Waals surface area contributed by atoms with Gasteiger partial charge in [-0.05, 0) is 55.8 Å². The summed E-state index contributed by atoms with van der Waals surface area (Å²) in [5.41, 5.74) is 9.70. The quantitative estimate of drug-likeness (QED) is 0.486. The molecule has 2 aromatic carbocycles. The van der Waals surface area contributed by atoms with Crippen molar-refractivity contribution in [1.82, 2.24) is 14.8 Å². The number of nitrogens with one attached hydrogen (secondary N) is 2. The number of hydrogen-bond acceptors (Lipinski definition) is 6. The maximum Gasteiger partial charge on any atom is 0.322 e. The van der Waals surface area contributed by atoms with Gasteiger partial charge >= 0.3 is 6.03 Å². The summed E-state index contributed by atoms with van der Waals surface area (Å²) in [6, 6.07) is 14.4. The summed E-state index contributed by atoms with van der Waals surface area (Å²) in [5.74, 6) is -0.185. The van der Waals surface area contributed by atoms with Gasteiger partial charge in [0.15, 0.2) is 5.13 Å². The Morgan fingerprint density at radius 3 is 2.82 bits per heavy atom. The van der Waals surface area contributed by atoms with E-state index in [-0.39, 0.29) is 18.0 Å². The highest BCUT2D eigenvalue weighted by atomic mass is 32.1. The Labute approximate surface area is 202 Å². The number of thiazole rings is 1. The molecule has 0 bridgehead atoms. The second-order valence-corrected chi connectivity index (χ2v) is 9.95. The summed E-state index contributed by atoms with van der Waals surface area (Å²) in [6.07, 6.45) is 2.66. The van der Waals surface area contributed by atoms with Crippen LogP contribution >= 0.6 is 11.3 Å². The maximum absolute atomic E-state index is 13.0. The zero-order valence-electron chi connectivity index (χ0n) is 19.1. The Bertz CT molecular complexity index is 1230. The topological polar surface area (TPSA) is 104 Å². The van der Waals surface area contributed by atoms with Gasteiger partial charge in [-0.3, -0.25) is 10.1 Å². The van der Waals surface area contributed by atoms with Crippen LogP contribution in [0.25, 0.3) is 0 Å². The van der Waals surface area contributed by atoms with Crippen molar-refractivity contribution in [2.24, 2.45) is 0 Å². The van der Waals surface area contributed by atoms with Crippen LogP contribution in [-0.2, 0) is 13.0 Å². The number of likely N-dealkylation sites (N-methyl/N-ethyl adjacent to an activating group) is 1. The molecule has 1 saturated heterocycles. The van der Waals surface area contributed by atoms with E-state index in [9.17, 15) is 9.59 Å². The molecule has 1 atom stereocenters. The van der Waals surface area contributed by atoms with E-state index in [4.69, 9.17) is 5.73 Å². The molecule has 3 heterocycles. The van der Waals surface area contributed by atoms with Crippen molar-refractivity contribution in [2.45, 2.75) is 31.8 Å². The van der Waals surface area contributed by atoms with Gasteiger partial charge in [0.2, 0.25) is 0 Å². The van der Waals surface area contributed by atoms with Gasteiger partial charge in [0, 0.05) is 47.9 Å². The molecule has 0 spiro atoms. The summed E-state index contributed by atoms with van der Waals surface area (Å²) >= 11 is 1.54. The van der Waals surface area contributed by atoms with Crippen molar-refractivity contribution in [1.29, 1.82) is 0 Å². The van der Waals surface area contributed by atoms with Crippen LogP contribution in [0.4, 0.5) is 21.3 Å². The van der Waals surface area contributed by atoms with E-state index in [0.717, 1.165) is 43.6 Å². The second-order valence-electron chi connectivity index (χ2n) is 8.86. The van der Waals surface area contributed by atoms with E-state index >= 15 is 0 Å². The Balaban J connectivity index is 1.29. The molecule has 34 heavy (non-hydrogen) atoms. The molecule has 3 amide bonds. The highest BCUT2D eigenvalue weighted by Gasteiger charge is 2.30. The van der Waals surface area contributed by atoms with Gasteiger partial charge in [-0.25, -0.2) is 9.78 Å². The highest BCUT2D eigenvalue weighted by molar-refractivity contribution is 7.15. The maximum atomic E-state index is 13.0. The number of nitrogen functional groups attached to an aromatic ring is 1. The first-order valence-corrected chi connectivity index (χ1v) is 12.3. The van der Waals surface area contributed by atoms with E-state index in [0.29, 0.717) is 28.6 Å². The molecule has 0 aliphatic carbocycles. The van der Waals surface area contributed by atoms with Crippen molar-refractivity contribution in [3.8, 4) is 0 Å². The third-order valence-corrected chi connectivity index (χ3v) is 7.33. The van der Waals surface area contributed by atoms with Gasteiger partial charge in [0.05, 0.1) is 11.7 Å². The number of rotatable bonds is 4. The van der Waals surface area contributed by atoms with E-state index in [2.05, 4.69) is 27.6 Å². The second kappa shape index (κ2) is 9.44. The minimum atomic E-state index is -0.185. The Kier molecular flexibility index (Phi) is 6.21. The molecule has 0 radical (unpaired) electrons. The van der Waals surface area contributed by atoms with Crippen molar-refractivity contribution < 1.29 is 9.59 Å². The van der Waals surface area contributed by atoms with E-state index < -0.39 is 0 Å².